The molecule has 27 heavy (non-hydrogen) atoms. The maximum absolute atomic E-state index is 12.7. The lowest BCUT2D eigenvalue weighted by molar-refractivity contribution is -0.0556. The molecule has 4 nitrogen and oxygen atoms in total. The molecule has 0 spiro atoms. The first-order valence-corrected chi connectivity index (χ1v) is 10.8. The second kappa shape index (κ2) is 6.95. The predicted molar refractivity (Wildman–Crippen MR) is 108 cm³/mol. The Kier molecular flexibility index (Phi) is 5.12. The lowest BCUT2D eigenvalue weighted by atomic mass is 9.79. The van der Waals surface area contributed by atoms with Crippen molar-refractivity contribution in [1.29, 1.82) is 0 Å². The molecule has 1 saturated heterocycles. The van der Waals surface area contributed by atoms with E-state index in [2.05, 4.69) is 39.6 Å². The number of likely N-dealkylation sites (tertiary alicyclic amines) is 1. The summed E-state index contributed by atoms with van der Waals surface area (Å²) in [5.74, 6) is 0.711. The number of rotatable bonds is 4. The third-order valence-electron chi connectivity index (χ3n) is 5.76. The van der Waals surface area contributed by atoms with Crippen LogP contribution in [0.3, 0.4) is 0 Å². The summed E-state index contributed by atoms with van der Waals surface area (Å²) in [5, 5.41) is 0. The molecule has 2 aromatic rings. The molecule has 2 aromatic carbocycles. The van der Waals surface area contributed by atoms with Crippen molar-refractivity contribution in [2.45, 2.75) is 67.5 Å². The summed E-state index contributed by atoms with van der Waals surface area (Å²) in [4.78, 5) is 3.00. The molecule has 0 N–H and O–H groups in total. The van der Waals surface area contributed by atoms with Gasteiger partial charge in [0.25, 0.3) is 0 Å². The maximum Gasteiger partial charge on any atom is 0.206 e. The highest BCUT2D eigenvalue weighted by molar-refractivity contribution is 7.91. The quantitative estimate of drug-likeness (QED) is 0.772. The van der Waals surface area contributed by atoms with Gasteiger partial charge in [-0.2, -0.15) is 0 Å². The van der Waals surface area contributed by atoms with Gasteiger partial charge in [-0.3, -0.25) is 4.90 Å². The topological polar surface area (TPSA) is 46.6 Å². The Labute approximate surface area is 163 Å². The molecule has 1 aliphatic rings. The minimum atomic E-state index is -3.50. The van der Waals surface area contributed by atoms with Gasteiger partial charge >= 0.3 is 0 Å². The fraction of sp³-hybridized carbons (Fsp3) is 0.455. The molecule has 0 unspecified atom stereocenters. The summed E-state index contributed by atoms with van der Waals surface area (Å²) in [5.41, 5.74) is 0.0893. The molecule has 1 aliphatic heterocycles. The number of ether oxygens (including phenoxy) is 1. The first kappa shape index (κ1) is 19.9. The van der Waals surface area contributed by atoms with Crippen LogP contribution in [0, 0.1) is 0 Å². The van der Waals surface area contributed by atoms with E-state index in [0.29, 0.717) is 10.6 Å². The van der Waals surface area contributed by atoms with Crippen LogP contribution in [0.1, 0.15) is 40.5 Å². The molecule has 1 heterocycles. The Morgan fingerprint density at radius 1 is 0.852 bits per heavy atom. The van der Waals surface area contributed by atoms with Gasteiger partial charge in [0.05, 0.1) is 9.79 Å². The minimum absolute atomic E-state index is 0.0446. The van der Waals surface area contributed by atoms with Crippen LogP contribution in [-0.4, -0.2) is 37.5 Å². The van der Waals surface area contributed by atoms with Gasteiger partial charge in [0.15, 0.2) is 0 Å². The van der Waals surface area contributed by atoms with Crippen LogP contribution in [-0.2, 0) is 9.84 Å². The molecule has 0 aliphatic carbocycles. The molecular weight excluding hydrogens is 358 g/mol. The van der Waals surface area contributed by atoms with E-state index in [0.717, 1.165) is 12.8 Å². The van der Waals surface area contributed by atoms with E-state index in [-0.39, 0.29) is 22.1 Å². The van der Waals surface area contributed by atoms with Crippen LogP contribution >= 0.6 is 0 Å². The third kappa shape index (κ3) is 4.04. The molecule has 0 amide bonds. The standard InChI is InChI=1S/C22H29NO3S/c1-21(2)15-18(16-22(3,4)23(21)5)26-17-11-13-20(14-12-17)27(24,25)19-9-7-6-8-10-19/h6-14,18H,15-16H2,1-5H3. The van der Waals surface area contributed by atoms with Crippen LogP contribution in [0.15, 0.2) is 64.4 Å². The highest BCUT2D eigenvalue weighted by Gasteiger charge is 2.43. The summed E-state index contributed by atoms with van der Waals surface area (Å²) in [6.07, 6.45) is 1.95. The Hall–Kier alpha value is -1.85. The molecule has 3 rings (SSSR count). The van der Waals surface area contributed by atoms with E-state index in [1.54, 1.807) is 54.6 Å². The molecular formula is C22H29NO3S. The van der Waals surface area contributed by atoms with E-state index < -0.39 is 9.84 Å². The fourth-order valence-corrected chi connectivity index (χ4v) is 5.27. The van der Waals surface area contributed by atoms with Crippen LogP contribution < -0.4 is 4.74 Å². The average molecular weight is 388 g/mol. The number of sulfone groups is 1. The average Bonchev–Trinajstić information content (AvgIpc) is 2.60. The van der Waals surface area contributed by atoms with Gasteiger partial charge in [0.2, 0.25) is 9.84 Å². The summed E-state index contributed by atoms with van der Waals surface area (Å²) in [6, 6.07) is 15.3. The van der Waals surface area contributed by atoms with Crippen molar-refractivity contribution < 1.29 is 13.2 Å². The monoisotopic (exact) mass is 387 g/mol. The Balaban J connectivity index is 1.77. The number of nitrogens with zero attached hydrogens (tertiary/aromatic N) is 1. The molecule has 5 heteroatoms. The van der Waals surface area contributed by atoms with Crippen molar-refractivity contribution in [3.05, 3.63) is 54.6 Å². The molecule has 0 saturated carbocycles. The van der Waals surface area contributed by atoms with Crippen LogP contribution in [0.4, 0.5) is 0 Å². The van der Waals surface area contributed by atoms with Gasteiger partial charge < -0.3 is 4.74 Å². The zero-order chi connectivity index (χ0) is 19.9. The van der Waals surface area contributed by atoms with E-state index in [4.69, 9.17) is 4.74 Å². The third-order valence-corrected chi connectivity index (χ3v) is 7.55. The fourth-order valence-electron chi connectivity index (χ4n) is 3.99. The Morgan fingerprint density at radius 3 is 1.85 bits per heavy atom. The van der Waals surface area contributed by atoms with Crippen molar-refractivity contribution in [2.75, 3.05) is 7.05 Å². The molecule has 0 aromatic heterocycles. The number of hydrogen-bond donors (Lipinski definition) is 0. The number of piperidine rings is 1. The van der Waals surface area contributed by atoms with Gasteiger partial charge in [-0.25, -0.2) is 8.42 Å². The van der Waals surface area contributed by atoms with Gasteiger partial charge in [0.1, 0.15) is 11.9 Å². The van der Waals surface area contributed by atoms with Gasteiger partial charge in [-0.15, -0.1) is 0 Å². The first-order chi connectivity index (χ1) is 12.5. The van der Waals surface area contributed by atoms with Crippen molar-refractivity contribution in [2.24, 2.45) is 0 Å². The van der Waals surface area contributed by atoms with Crippen LogP contribution in [0.25, 0.3) is 0 Å². The summed E-state index contributed by atoms with van der Waals surface area (Å²) in [7, 11) is -1.33. The second-order valence-electron chi connectivity index (χ2n) is 8.62. The maximum atomic E-state index is 12.7. The lowest BCUT2D eigenvalue weighted by Crippen LogP contribution is -2.60. The normalized spacial score (nSPS) is 20.3. The van der Waals surface area contributed by atoms with Crippen LogP contribution in [0.5, 0.6) is 5.75 Å². The highest BCUT2D eigenvalue weighted by atomic mass is 32.2. The summed E-state index contributed by atoms with van der Waals surface area (Å²) < 4.78 is 31.6. The molecule has 1 fully saturated rings. The van der Waals surface area contributed by atoms with E-state index in [1.165, 1.54) is 0 Å². The largest absolute Gasteiger partial charge is 0.490 e. The summed E-state index contributed by atoms with van der Waals surface area (Å²) >= 11 is 0. The smallest absolute Gasteiger partial charge is 0.206 e. The SMILES string of the molecule is CN1C(C)(C)CC(Oc2ccc(S(=O)(=O)c3ccccc3)cc2)CC1(C)C. The van der Waals surface area contributed by atoms with E-state index in [1.807, 2.05) is 0 Å². The minimum Gasteiger partial charge on any atom is -0.490 e. The van der Waals surface area contributed by atoms with Crippen molar-refractivity contribution in [3.8, 4) is 5.75 Å². The highest BCUT2D eigenvalue weighted by Crippen LogP contribution is 2.38. The van der Waals surface area contributed by atoms with Crippen molar-refractivity contribution >= 4 is 9.84 Å². The van der Waals surface area contributed by atoms with Gasteiger partial charge in [0, 0.05) is 23.9 Å². The number of hydrogen-bond acceptors (Lipinski definition) is 4. The molecule has 0 radical (unpaired) electrons. The molecule has 0 atom stereocenters. The van der Waals surface area contributed by atoms with Crippen molar-refractivity contribution in [1.82, 2.24) is 4.90 Å². The zero-order valence-corrected chi connectivity index (χ0v) is 17.6. The first-order valence-electron chi connectivity index (χ1n) is 9.33. The Bertz CT molecular complexity index is 869. The van der Waals surface area contributed by atoms with Crippen molar-refractivity contribution in [3.63, 3.8) is 0 Å². The summed E-state index contributed by atoms with van der Waals surface area (Å²) in [6.45, 7) is 8.94. The van der Waals surface area contributed by atoms with Crippen LogP contribution in [0.2, 0.25) is 0 Å². The molecule has 146 valence electrons. The predicted octanol–water partition coefficient (Wildman–Crippen LogP) is 4.55. The molecule has 0 bridgehead atoms. The zero-order valence-electron chi connectivity index (χ0n) is 16.8. The lowest BCUT2D eigenvalue weighted by Gasteiger charge is -2.53. The Morgan fingerprint density at radius 2 is 1.33 bits per heavy atom. The van der Waals surface area contributed by atoms with Gasteiger partial charge in [-0.05, 0) is 71.1 Å². The second-order valence-corrected chi connectivity index (χ2v) is 10.6. The number of benzene rings is 2. The van der Waals surface area contributed by atoms with E-state index in [9.17, 15) is 8.42 Å². The van der Waals surface area contributed by atoms with Gasteiger partial charge in [-0.1, -0.05) is 18.2 Å². The van der Waals surface area contributed by atoms with E-state index >= 15 is 0 Å².